The number of rotatable bonds is 3. The van der Waals surface area contributed by atoms with Crippen molar-refractivity contribution in [1.82, 2.24) is 0 Å². The van der Waals surface area contributed by atoms with E-state index in [0.717, 1.165) is 0 Å². The lowest BCUT2D eigenvalue weighted by Crippen LogP contribution is -2.16. The minimum Gasteiger partial charge on any atom is -0.290 e. The third kappa shape index (κ3) is 4.74. The molecule has 25 heavy (non-hydrogen) atoms. The highest BCUT2D eigenvalue weighted by molar-refractivity contribution is 7.90. The van der Waals surface area contributed by atoms with Gasteiger partial charge in [-0.15, -0.1) is 4.40 Å². The van der Waals surface area contributed by atoms with Gasteiger partial charge in [0.25, 0.3) is 10.0 Å². The fourth-order valence-electron chi connectivity index (χ4n) is 2.29. The largest absolute Gasteiger partial charge is 0.290 e. The summed E-state index contributed by atoms with van der Waals surface area (Å²) >= 11 is 5.77. The molecule has 2 rings (SSSR count). The van der Waals surface area contributed by atoms with Crippen LogP contribution in [0.15, 0.2) is 61.8 Å². The number of carbonyl (C=O) groups excluding carboxylic acids is 1. The summed E-state index contributed by atoms with van der Waals surface area (Å²) in [6.45, 7) is 7.10. The number of benzene rings is 1. The molecular formula is C18H19ClN2O3S. The maximum Gasteiger partial charge on any atom is 0.283 e. The first-order chi connectivity index (χ1) is 11.6. The topological polar surface area (TPSA) is 75.9 Å². The van der Waals surface area contributed by atoms with Crippen LogP contribution >= 0.6 is 11.6 Å². The van der Waals surface area contributed by atoms with Crippen LogP contribution in [0.3, 0.4) is 0 Å². The average molecular weight is 379 g/mol. The molecule has 0 aliphatic heterocycles. The summed E-state index contributed by atoms with van der Waals surface area (Å²) in [6, 6.07) is 5.76. The van der Waals surface area contributed by atoms with Crippen molar-refractivity contribution in [3.8, 4) is 0 Å². The zero-order valence-electron chi connectivity index (χ0n) is 14.4. The lowest BCUT2D eigenvalue weighted by molar-refractivity contribution is -0.111. The van der Waals surface area contributed by atoms with Crippen molar-refractivity contribution in [2.75, 3.05) is 0 Å². The molecule has 1 aromatic carbocycles. The maximum atomic E-state index is 12.3. The molecule has 0 bridgehead atoms. The van der Waals surface area contributed by atoms with Crippen molar-refractivity contribution in [2.45, 2.75) is 32.6 Å². The lowest BCUT2D eigenvalue weighted by Gasteiger charge is -2.15. The molecule has 5 nitrogen and oxygen atoms in total. The first-order valence-electron chi connectivity index (χ1n) is 7.70. The third-order valence-corrected chi connectivity index (χ3v) is 5.22. The molecule has 0 saturated carbocycles. The van der Waals surface area contributed by atoms with E-state index in [1.54, 1.807) is 13.0 Å². The Balaban J connectivity index is 2.39. The molecule has 0 atom stereocenters. The Bertz CT molecular complexity index is 922. The molecule has 0 fully saturated rings. The highest BCUT2D eigenvalue weighted by Gasteiger charge is 2.19. The Hall–Kier alpha value is -2.05. The van der Waals surface area contributed by atoms with E-state index >= 15 is 0 Å². The predicted molar refractivity (Wildman–Crippen MR) is 101 cm³/mol. The number of sulfonamides is 1. The van der Waals surface area contributed by atoms with Crippen molar-refractivity contribution >= 4 is 39.0 Å². The van der Waals surface area contributed by atoms with Crippen molar-refractivity contribution in [1.29, 1.82) is 0 Å². The van der Waals surface area contributed by atoms with Crippen LogP contribution in [0.25, 0.3) is 0 Å². The molecule has 132 valence electrons. The molecular weight excluding hydrogens is 360 g/mol. The van der Waals surface area contributed by atoms with Gasteiger partial charge in [0.15, 0.2) is 5.78 Å². The molecule has 1 aromatic rings. The van der Waals surface area contributed by atoms with E-state index in [1.165, 1.54) is 37.3 Å². The number of carbonyl (C=O) groups is 1. The number of hydrogen-bond acceptors (Lipinski definition) is 3. The van der Waals surface area contributed by atoms with E-state index in [-0.39, 0.29) is 22.4 Å². The van der Waals surface area contributed by atoms with Crippen molar-refractivity contribution in [3.63, 3.8) is 0 Å². The van der Waals surface area contributed by atoms with E-state index < -0.39 is 10.0 Å². The number of hydrogen-bond donors (Lipinski definition) is 0. The Morgan fingerprint density at radius 1 is 1.12 bits per heavy atom. The van der Waals surface area contributed by atoms with E-state index in [9.17, 15) is 13.2 Å². The number of nitrogens with zero attached hydrogens (tertiary/aromatic N) is 2. The van der Waals surface area contributed by atoms with Crippen LogP contribution in [0.1, 0.15) is 27.7 Å². The van der Waals surface area contributed by atoms with Gasteiger partial charge in [-0.3, -0.25) is 4.79 Å². The Morgan fingerprint density at radius 3 is 2.28 bits per heavy atom. The smallest absolute Gasteiger partial charge is 0.283 e. The standard InChI is InChI=1S/C18H19ClN2O3S/c1-11(2)16-10-17(12(3)9-18(16)22)20-13(4)21-25(23,24)15-7-5-14(19)6-8-15/h5-11H,1-4H3. The maximum absolute atomic E-state index is 12.3. The van der Waals surface area contributed by atoms with Gasteiger partial charge in [-0.2, -0.15) is 8.42 Å². The number of halogens is 1. The van der Waals surface area contributed by atoms with E-state index in [0.29, 0.717) is 21.9 Å². The summed E-state index contributed by atoms with van der Waals surface area (Å²) in [5.41, 5.74) is 1.85. The normalized spacial score (nSPS) is 17.8. The van der Waals surface area contributed by atoms with Crippen LogP contribution < -0.4 is 0 Å². The van der Waals surface area contributed by atoms with Crippen LogP contribution in [-0.2, 0) is 14.8 Å². The van der Waals surface area contributed by atoms with Gasteiger partial charge < -0.3 is 0 Å². The van der Waals surface area contributed by atoms with Crippen LogP contribution in [0, 0.1) is 5.92 Å². The van der Waals surface area contributed by atoms with Gasteiger partial charge in [0.05, 0.1) is 10.6 Å². The van der Waals surface area contributed by atoms with Crippen molar-refractivity contribution < 1.29 is 13.2 Å². The summed E-state index contributed by atoms with van der Waals surface area (Å²) in [5, 5.41) is 0.443. The molecule has 0 spiro atoms. The fraction of sp³-hybridized carbons (Fsp3) is 0.278. The first-order valence-corrected chi connectivity index (χ1v) is 9.52. The van der Waals surface area contributed by atoms with Crippen molar-refractivity contribution in [2.24, 2.45) is 15.3 Å². The van der Waals surface area contributed by atoms with Crippen LogP contribution in [0.2, 0.25) is 5.02 Å². The zero-order valence-corrected chi connectivity index (χ0v) is 16.0. The van der Waals surface area contributed by atoms with Gasteiger partial charge in [0, 0.05) is 10.6 Å². The second-order valence-electron chi connectivity index (χ2n) is 6.01. The Morgan fingerprint density at radius 2 is 1.72 bits per heavy atom. The van der Waals surface area contributed by atoms with E-state index in [4.69, 9.17) is 11.6 Å². The summed E-state index contributed by atoms with van der Waals surface area (Å²) in [7, 11) is -3.87. The summed E-state index contributed by atoms with van der Waals surface area (Å²) in [4.78, 5) is 16.3. The number of aliphatic imine (C=N–C) groups is 1. The number of allylic oxidation sites excluding steroid dienone is 4. The molecule has 0 heterocycles. The number of amidine groups is 1. The van der Waals surface area contributed by atoms with E-state index in [2.05, 4.69) is 9.39 Å². The van der Waals surface area contributed by atoms with Crippen LogP contribution in [0.5, 0.6) is 0 Å². The summed E-state index contributed by atoms with van der Waals surface area (Å²) in [5.74, 6) is 0.0957. The molecule has 0 N–H and O–H groups in total. The molecule has 1 aliphatic carbocycles. The lowest BCUT2D eigenvalue weighted by atomic mass is 9.90. The Labute approximate surface area is 152 Å². The number of ketones is 1. The second kappa shape index (κ2) is 7.45. The van der Waals surface area contributed by atoms with Crippen LogP contribution in [0.4, 0.5) is 0 Å². The molecule has 0 radical (unpaired) electrons. The monoisotopic (exact) mass is 378 g/mol. The van der Waals surface area contributed by atoms with Gasteiger partial charge >= 0.3 is 0 Å². The van der Waals surface area contributed by atoms with Gasteiger partial charge in [0.2, 0.25) is 0 Å². The predicted octanol–water partition coefficient (Wildman–Crippen LogP) is 4.00. The fourth-order valence-corrected chi connectivity index (χ4v) is 3.39. The molecule has 0 aromatic heterocycles. The molecule has 0 unspecified atom stereocenters. The van der Waals surface area contributed by atoms with Gasteiger partial charge in [-0.1, -0.05) is 25.4 Å². The zero-order chi connectivity index (χ0) is 18.8. The van der Waals surface area contributed by atoms with E-state index in [1.807, 2.05) is 13.8 Å². The third-order valence-electron chi connectivity index (χ3n) is 3.60. The molecule has 1 aliphatic rings. The second-order valence-corrected chi connectivity index (χ2v) is 8.05. The van der Waals surface area contributed by atoms with Gasteiger partial charge in [-0.05, 0) is 61.8 Å². The highest BCUT2D eigenvalue weighted by Crippen LogP contribution is 2.20. The molecule has 0 saturated heterocycles. The summed E-state index contributed by atoms with van der Waals surface area (Å²) < 4.78 is 28.4. The molecule has 7 heteroatoms. The average Bonchev–Trinajstić information content (AvgIpc) is 2.49. The SMILES string of the molecule is CC1=CC(=O)C(C(C)C)=CC1=NC(C)=NS(=O)(=O)c1ccc(Cl)cc1. The minimum absolute atomic E-state index is 0.0425. The van der Waals surface area contributed by atoms with Gasteiger partial charge in [0.1, 0.15) is 5.84 Å². The quantitative estimate of drug-likeness (QED) is 0.453. The minimum atomic E-state index is -3.87. The molecule has 0 amide bonds. The highest BCUT2D eigenvalue weighted by atomic mass is 35.5. The first kappa shape index (κ1) is 19.3. The summed E-state index contributed by atoms with van der Waals surface area (Å²) in [6.07, 6.45) is 3.20. The van der Waals surface area contributed by atoms with Crippen molar-refractivity contribution in [3.05, 3.63) is 52.6 Å². The van der Waals surface area contributed by atoms with Gasteiger partial charge in [-0.25, -0.2) is 4.99 Å². The van der Waals surface area contributed by atoms with Crippen LogP contribution in [-0.4, -0.2) is 25.7 Å². The Kier molecular flexibility index (Phi) is 5.75.